The molecule has 7 nitrogen and oxygen atoms in total. The summed E-state index contributed by atoms with van der Waals surface area (Å²) in [6.07, 6.45) is 0. The van der Waals surface area contributed by atoms with Crippen molar-refractivity contribution in [2.75, 3.05) is 30.0 Å². The van der Waals surface area contributed by atoms with E-state index in [1.54, 1.807) is 7.05 Å². The predicted octanol–water partition coefficient (Wildman–Crippen LogP) is 2.04. The number of aryl methyl sites for hydroxylation is 1. The number of carbonyl (C=O) groups is 2. The quantitative estimate of drug-likeness (QED) is 0.650. The number of hydrogen-bond donors (Lipinski definition) is 3. The van der Waals surface area contributed by atoms with Crippen LogP contribution in [0.2, 0.25) is 0 Å². The summed E-state index contributed by atoms with van der Waals surface area (Å²) in [5, 5.41) is 16.8. The molecule has 0 aliphatic carbocycles. The van der Waals surface area contributed by atoms with Crippen molar-refractivity contribution >= 4 is 45.7 Å². The highest BCUT2D eigenvalue weighted by atomic mass is 32.2. The average molecular weight is 365 g/mol. The first-order chi connectivity index (χ1) is 11.5. The zero-order chi connectivity index (χ0) is 17.5. The van der Waals surface area contributed by atoms with Crippen LogP contribution in [0.15, 0.2) is 22.5 Å². The highest BCUT2D eigenvalue weighted by Gasteiger charge is 2.10. The minimum absolute atomic E-state index is 0.0648. The number of amides is 2. The summed E-state index contributed by atoms with van der Waals surface area (Å²) < 4.78 is 0.703. The van der Waals surface area contributed by atoms with E-state index in [2.05, 4.69) is 26.1 Å². The van der Waals surface area contributed by atoms with Crippen molar-refractivity contribution in [1.82, 2.24) is 15.5 Å². The number of thioether (sulfide) groups is 1. The van der Waals surface area contributed by atoms with E-state index in [-0.39, 0.29) is 24.1 Å². The number of rotatable bonds is 7. The molecule has 24 heavy (non-hydrogen) atoms. The van der Waals surface area contributed by atoms with Gasteiger partial charge in [0.15, 0.2) is 4.34 Å². The lowest BCUT2D eigenvalue weighted by atomic mass is 10.1. The van der Waals surface area contributed by atoms with Crippen LogP contribution in [0.4, 0.5) is 10.8 Å². The van der Waals surface area contributed by atoms with Crippen molar-refractivity contribution in [2.45, 2.75) is 18.2 Å². The Balaban J connectivity index is 1.74. The first-order valence-corrected chi connectivity index (χ1v) is 9.06. The predicted molar refractivity (Wildman–Crippen MR) is 97.7 cm³/mol. The van der Waals surface area contributed by atoms with Gasteiger partial charge in [0.05, 0.1) is 12.3 Å². The minimum atomic E-state index is -0.254. The molecule has 3 N–H and O–H groups in total. The number of anilines is 2. The molecule has 0 fully saturated rings. The molecule has 0 saturated heterocycles. The second-order valence-electron chi connectivity index (χ2n) is 4.98. The van der Waals surface area contributed by atoms with Crippen LogP contribution < -0.4 is 16.0 Å². The van der Waals surface area contributed by atoms with Gasteiger partial charge in [-0.1, -0.05) is 35.2 Å². The molecule has 128 valence electrons. The Morgan fingerprint density at radius 3 is 2.71 bits per heavy atom. The third-order valence-corrected chi connectivity index (χ3v) is 5.35. The van der Waals surface area contributed by atoms with Gasteiger partial charge in [-0.3, -0.25) is 9.59 Å². The number of nitrogens with one attached hydrogen (secondary N) is 3. The van der Waals surface area contributed by atoms with Gasteiger partial charge in [0.25, 0.3) is 0 Å². The van der Waals surface area contributed by atoms with Gasteiger partial charge in [0.1, 0.15) is 0 Å². The molecule has 0 unspecified atom stereocenters. The van der Waals surface area contributed by atoms with Gasteiger partial charge < -0.3 is 16.0 Å². The van der Waals surface area contributed by atoms with Gasteiger partial charge >= 0.3 is 0 Å². The van der Waals surface area contributed by atoms with E-state index >= 15 is 0 Å². The van der Waals surface area contributed by atoms with Crippen LogP contribution in [-0.2, 0) is 9.59 Å². The molecule has 9 heteroatoms. The lowest BCUT2D eigenvalue weighted by Gasteiger charge is -2.10. The third kappa shape index (κ3) is 5.20. The maximum Gasteiger partial charge on any atom is 0.243 e. The maximum atomic E-state index is 11.9. The first-order valence-electron chi connectivity index (χ1n) is 7.26. The Bertz CT molecular complexity index is 732. The van der Waals surface area contributed by atoms with Crippen LogP contribution in [-0.4, -0.2) is 41.4 Å². The van der Waals surface area contributed by atoms with E-state index < -0.39 is 0 Å². The molecule has 2 amide bonds. The second kappa shape index (κ2) is 8.65. The van der Waals surface area contributed by atoms with Crippen LogP contribution in [0, 0.1) is 13.8 Å². The number of hydrogen-bond acceptors (Lipinski definition) is 7. The summed E-state index contributed by atoms with van der Waals surface area (Å²) in [6.45, 7) is 3.86. The van der Waals surface area contributed by atoms with Crippen LogP contribution in [0.25, 0.3) is 0 Å². The van der Waals surface area contributed by atoms with Gasteiger partial charge in [0, 0.05) is 12.7 Å². The minimum Gasteiger partial charge on any atom is -0.363 e. The molecule has 0 aliphatic rings. The second-order valence-corrected chi connectivity index (χ2v) is 7.18. The Kier molecular flexibility index (Phi) is 6.56. The zero-order valence-electron chi connectivity index (χ0n) is 13.7. The van der Waals surface area contributed by atoms with Crippen molar-refractivity contribution in [3.63, 3.8) is 0 Å². The molecule has 1 heterocycles. The van der Waals surface area contributed by atoms with Crippen LogP contribution in [0.3, 0.4) is 0 Å². The normalized spacial score (nSPS) is 10.3. The number of aromatic nitrogens is 2. The summed E-state index contributed by atoms with van der Waals surface area (Å²) in [6, 6.07) is 5.71. The van der Waals surface area contributed by atoms with E-state index in [1.165, 1.54) is 23.1 Å². The van der Waals surface area contributed by atoms with Crippen molar-refractivity contribution < 1.29 is 9.59 Å². The molecule has 0 atom stereocenters. The van der Waals surface area contributed by atoms with Crippen LogP contribution in [0.1, 0.15) is 11.1 Å². The number of carbonyl (C=O) groups excluding carboxylic acids is 2. The van der Waals surface area contributed by atoms with Crippen molar-refractivity contribution in [1.29, 1.82) is 0 Å². The SMILES string of the molecule is CNc1nnc(SCC(=O)NCC(=O)Nc2cccc(C)c2C)s1. The third-order valence-electron chi connectivity index (χ3n) is 3.27. The molecular weight excluding hydrogens is 346 g/mol. The average Bonchev–Trinajstić information content (AvgIpc) is 3.03. The Labute approximate surface area is 148 Å². The molecule has 0 radical (unpaired) electrons. The fourth-order valence-electron chi connectivity index (χ4n) is 1.81. The van der Waals surface area contributed by atoms with E-state index in [0.717, 1.165) is 16.8 Å². The van der Waals surface area contributed by atoms with Crippen molar-refractivity contribution in [3.05, 3.63) is 29.3 Å². The lowest BCUT2D eigenvalue weighted by molar-refractivity contribution is -0.122. The maximum absolute atomic E-state index is 11.9. The largest absolute Gasteiger partial charge is 0.363 e. The monoisotopic (exact) mass is 365 g/mol. The summed E-state index contributed by atoms with van der Waals surface area (Å²) in [5.74, 6) is -0.289. The zero-order valence-corrected chi connectivity index (χ0v) is 15.3. The van der Waals surface area contributed by atoms with Gasteiger partial charge in [-0.15, -0.1) is 10.2 Å². The molecule has 2 aromatic rings. The molecule has 1 aromatic heterocycles. The molecule has 0 spiro atoms. The Hall–Kier alpha value is -2.13. The molecule has 0 bridgehead atoms. The van der Waals surface area contributed by atoms with Crippen molar-refractivity contribution in [2.24, 2.45) is 0 Å². The van der Waals surface area contributed by atoms with Gasteiger partial charge in [0.2, 0.25) is 16.9 Å². The molecule has 0 aliphatic heterocycles. The fraction of sp³-hybridized carbons (Fsp3) is 0.333. The number of nitrogens with zero attached hydrogens (tertiary/aromatic N) is 2. The van der Waals surface area contributed by atoms with E-state index in [9.17, 15) is 9.59 Å². The highest BCUT2D eigenvalue weighted by Crippen LogP contribution is 2.24. The molecule has 0 saturated carbocycles. The summed E-state index contributed by atoms with van der Waals surface area (Å²) in [5.41, 5.74) is 2.88. The Morgan fingerprint density at radius 1 is 1.21 bits per heavy atom. The number of benzene rings is 1. The Morgan fingerprint density at radius 2 is 2.00 bits per heavy atom. The standard InChI is InChI=1S/C15H19N5O2S2/c1-9-5-4-6-11(10(9)2)18-12(21)7-17-13(22)8-23-15-20-19-14(16-3)24-15/h4-6H,7-8H2,1-3H3,(H,16,19)(H,17,22)(H,18,21). The van der Waals surface area contributed by atoms with Gasteiger partial charge in [-0.2, -0.15) is 0 Å². The first kappa shape index (κ1) is 18.2. The molecule has 1 aromatic carbocycles. The fourth-order valence-corrected chi connectivity index (χ4v) is 3.34. The smallest absolute Gasteiger partial charge is 0.243 e. The van der Waals surface area contributed by atoms with Crippen molar-refractivity contribution in [3.8, 4) is 0 Å². The summed E-state index contributed by atoms with van der Waals surface area (Å²) in [4.78, 5) is 23.7. The van der Waals surface area contributed by atoms with E-state index in [4.69, 9.17) is 0 Å². The summed E-state index contributed by atoms with van der Waals surface area (Å²) in [7, 11) is 1.76. The van der Waals surface area contributed by atoms with Gasteiger partial charge in [-0.25, -0.2) is 0 Å². The highest BCUT2D eigenvalue weighted by molar-refractivity contribution is 8.01. The molecule has 2 rings (SSSR count). The lowest BCUT2D eigenvalue weighted by Crippen LogP contribution is -2.34. The van der Waals surface area contributed by atoms with Gasteiger partial charge in [-0.05, 0) is 31.0 Å². The van der Waals surface area contributed by atoms with E-state index in [0.29, 0.717) is 9.47 Å². The molecular formula is C15H19N5O2S2. The van der Waals surface area contributed by atoms with E-state index in [1.807, 2.05) is 32.0 Å². The summed E-state index contributed by atoms with van der Waals surface area (Å²) >= 11 is 2.66. The van der Waals surface area contributed by atoms with Crippen LogP contribution in [0.5, 0.6) is 0 Å². The van der Waals surface area contributed by atoms with Crippen LogP contribution >= 0.6 is 23.1 Å². The topological polar surface area (TPSA) is 96.0 Å².